The molecule has 35 heavy (non-hydrogen) atoms. The van der Waals surface area contributed by atoms with Crippen molar-refractivity contribution >= 4 is 23.5 Å². The van der Waals surface area contributed by atoms with E-state index in [9.17, 15) is 0 Å². The van der Waals surface area contributed by atoms with Crippen LogP contribution in [0.4, 0.5) is 0 Å². The van der Waals surface area contributed by atoms with Gasteiger partial charge in [-0.3, -0.25) is 8.97 Å². The second kappa shape index (κ2) is 18.2. The third-order valence-electron chi connectivity index (χ3n) is 8.67. The number of hydrogen-bond acceptors (Lipinski definition) is 2. The van der Waals surface area contributed by atoms with Crippen LogP contribution in [0.1, 0.15) is 130 Å². The first kappa shape index (κ1) is 33.9. The molecule has 0 saturated carbocycles. The van der Waals surface area contributed by atoms with Gasteiger partial charge in [0.15, 0.2) is 0 Å². The number of nitrogens with zero attached hydrogens (tertiary/aromatic N) is 2. The van der Waals surface area contributed by atoms with Gasteiger partial charge in [-0.2, -0.15) is 0 Å². The molecule has 0 saturated heterocycles. The normalized spacial score (nSPS) is 24.5. The van der Waals surface area contributed by atoms with Crippen LogP contribution in [0.5, 0.6) is 0 Å². The lowest BCUT2D eigenvalue weighted by molar-refractivity contribution is -0.857. The Morgan fingerprint density at radius 2 is 0.771 bits per heavy atom. The second-order valence-electron chi connectivity index (χ2n) is 11.5. The lowest BCUT2D eigenvalue weighted by atomic mass is 10.0. The molecule has 2 nitrogen and oxygen atoms in total. The fourth-order valence-electron chi connectivity index (χ4n) is 5.67. The summed E-state index contributed by atoms with van der Waals surface area (Å²) in [4.78, 5) is 3.29. The minimum absolute atomic E-state index is 0. The molecule has 0 amide bonds. The van der Waals surface area contributed by atoms with Crippen LogP contribution < -0.4 is 24.0 Å². The van der Waals surface area contributed by atoms with Gasteiger partial charge in [-0.1, -0.05) is 102 Å². The van der Waals surface area contributed by atoms with Gasteiger partial charge in [0.2, 0.25) is 0 Å². The summed E-state index contributed by atoms with van der Waals surface area (Å²) < 4.78 is 2.39. The Bertz CT molecular complexity index is 607. The molecule has 2 atom stereocenters. The van der Waals surface area contributed by atoms with Crippen molar-refractivity contribution in [1.29, 1.82) is 0 Å². The van der Waals surface area contributed by atoms with E-state index in [2.05, 4.69) is 65.3 Å². The summed E-state index contributed by atoms with van der Waals surface area (Å²) in [6.45, 7) is 12.0. The van der Waals surface area contributed by atoms with Gasteiger partial charge < -0.3 is 24.0 Å². The molecule has 0 fully saturated rings. The summed E-state index contributed by atoms with van der Waals surface area (Å²) in [5.41, 5.74) is 3.28. The van der Waals surface area contributed by atoms with Crippen molar-refractivity contribution in [2.24, 2.45) is 0 Å². The van der Waals surface area contributed by atoms with Gasteiger partial charge in [0.05, 0.1) is 27.2 Å². The van der Waals surface area contributed by atoms with E-state index in [0.29, 0.717) is 0 Å². The fraction of sp³-hybridized carbons (Fsp3) is 0.867. The van der Waals surface area contributed by atoms with Gasteiger partial charge >= 0.3 is 0 Å². The number of quaternary nitrogens is 2. The first-order chi connectivity index (χ1) is 16.4. The molecule has 2 heterocycles. The van der Waals surface area contributed by atoms with Crippen LogP contribution in [0, 0.1) is 0 Å². The molecule has 0 N–H and O–H groups in total. The highest BCUT2D eigenvalue weighted by Gasteiger charge is 2.34. The van der Waals surface area contributed by atoms with E-state index in [1.165, 1.54) is 137 Å². The van der Waals surface area contributed by atoms with E-state index in [4.69, 9.17) is 0 Å². The summed E-state index contributed by atoms with van der Waals surface area (Å²) in [6, 6.07) is 0. The molecule has 0 aromatic carbocycles. The largest absolute Gasteiger partial charge is 1.00 e. The van der Waals surface area contributed by atoms with Gasteiger partial charge in [-0.15, -0.1) is 0 Å². The highest BCUT2D eigenvalue weighted by Crippen LogP contribution is 2.39. The predicted molar refractivity (Wildman–Crippen MR) is 158 cm³/mol. The average molecular weight is 638 g/mol. The van der Waals surface area contributed by atoms with Crippen molar-refractivity contribution in [1.82, 2.24) is 0 Å². The molecule has 0 radical (unpaired) electrons. The fourth-order valence-corrected chi connectivity index (χ4v) is 8.46. The topological polar surface area (TPSA) is 0 Å². The number of hydrogen-bond donors (Lipinski definition) is 0. The second-order valence-corrected chi connectivity index (χ2v) is 13.5. The van der Waals surface area contributed by atoms with Crippen molar-refractivity contribution in [3.63, 3.8) is 0 Å². The van der Waals surface area contributed by atoms with E-state index < -0.39 is 0 Å². The maximum absolute atomic E-state index is 2.44. The van der Waals surface area contributed by atoms with E-state index in [1.54, 1.807) is 21.2 Å². The molecule has 0 aromatic rings. The lowest BCUT2D eigenvalue weighted by Crippen LogP contribution is -3.00. The molecule has 0 spiro atoms. The molecule has 0 aromatic heterocycles. The van der Waals surface area contributed by atoms with E-state index in [-0.39, 0.29) is 24.0 Å². The van der Waals surface area contributed by atoms with E-state index >= 15 is 0 Å². The minimum Gasteiger partial charge on any atom is -1.00 e. The van der Waals surface area contributed by atoms with Crippen molar-refractivity contribution in [2.45, 2.75) is 130 Å². The number of thioether (sulfide) groups is 2. The zero-order valence-electron chi connectivity index (χ0n) is 24.2. The third kappa shape index (κ3) is 11.2. The molecular formula is C30H58IN2S2+. The molecule has 2 aliphatic heterocycles. The molecule has 2 rings (SSSR count). The summed E-state index contributed by atoms with van der Waals surface area (Å²) in [6.07, 6.45) is 22.7. The summed E-state index contributed by atoms with van der Waals surface area (Å²) in [7, 11) is 4.89. The third-order valence-corrected chi connectivity index (χ3v) is 11.9. The van der Waals surface area contributed by atoms with E-state index in [0.717, 1.165) is 0 Å². The Morgan fingerprint density at radius 3 is 1.00 bits per heavy atom. The Balaban J connectivity index is 0.00000612. The van der Waals surface area contributed by atoms with Gasteiger partial charge in [0.1, 0.15) is 23.1 Å². The number of unbranched alkanes of at least 4 members (excludes halogenated alkanes) is 13. The number of halogens is 1. The lowest BCUT2D eigenvalue weighted by Gasteiger charge is -2.30. The highest BCUT2D eigenvalue weighted by molar-refractivity contribution is 8.03. The van der Waals surface area contributed by atoms with Gasteiger partial charge in [0.25, 0.3) is 0 Å². The quantitative estimate of drug-likeness (QED) is 0.0847. The van der Waals surface area contributed by atoms with Crippen LogP contribution in [-0.4, -0.2) is 47.9 Å². The standard InChI is InChI=1S/C30H58N2S2.HI/c1-7-29-27(3)31(5,25-33-29)23-21-19-17-15-13-11-9-10-12-14-16-18-20-22-24-32(6)26-34-30(8-2)28(32)4;/h7-26H2,1-6H3;1H/q+2;/p-1. The monoisotopic (exact) mass is 637 g/mol. The number of allylic oxidation sites excluding steroid dienone is 4. The van der Waals surface area contributed by atoms with Crippen LogP contribution in [0.3, 0.4) is 0 Å². The molecule has 2 unspecified atom stereocenters. The molecule has 0 aliphatic carbocycles. The van der Waals surface area contributed by atoms with Crippen molar-refractivity contribution < 1.29 is 32.9 Å². The average Bonchev–Trinajstić information content (AvgIpc) is 3.28. The Hall–Kier alpha value is 0.830. The minimum atomic E-state index is 0. The van der Waals surface area contributed by atoms with Crippen LogP contribution >= 0.6 is 23.5 Å². The molecule has 2 aliphatic rings. The molecule has 0 bridgehead atoms. The van der Waals surface area contributed by atoms with E-state index in [1.807, 2.05) is 0 Å². The Labute approximate surface area is 245 Å². The summed E-state index contributed by atoms with van der Waals surface area (Å²) in [5.74, 6) is 2.54. The maximum Gasteiger partial charge on any atom is 0.134 e. The van der Waals surface area contributed by atoms with Crippen molar-refractivity contribution in [3.05, 3.63) is 21.2 Å². The zero-order chi connectivity index (χ0) is 24.9. The van der Waals surface area contributed by atoms with Crippen LogP contribution in [0.2, 0.25) is 0 Å². The molecule has 206 valence electrons. The Morgan fingerprint density at radius 1 is 0.514 bits per heavy atom. The summed E-state index contributed by atoms with van der Waals surface area (Å²) in [5, 5.41) is 0. The van der Waals surface area contributed by atoms with Crippen LogP contribution in [0.25, 0.3) is 0 Å². The maximum atomic E-state index is 2.44. The Kier molecular flexibility index (Phi) is 17.6. The van der Waals surface area contributed by atoms with Crippen molar-refractivity contribution in [2.75, 3.05) is 38.9 Å². The molecule has 5 heteroatoms. The highest BCUT2D eigenvalue weighted by atomic mass is 127. The van der Waals surface area contributed by atoms with Crippen LogP contribution in [-0.2, 0) is 0 Å². The van der Waals surface area contributed by atoms with Crippen molar-refractivity contribution in [3.8, 4) is 0 Å². The smallest absolute Gasteiger partial charge is 0.134 e. The van der Waals surface area contributed by atoms with Crippen LogP contribution in [0.15, 0.2) is 21.2 Å². The summed E-state index contributed by atoms with van der Waals surface area (Å²) >= 11 is 4.20. The first-order valence-corrected chi connectivity index (χ1v) is 16.7. The van der Waals surface area contributed by atoms with Gasteiger partial charge in [0, 0.05) is 23.7 Å². The first-order valence-electron chi connectivity index (χ1n) is 14.7. The zero-order valence-corrected chi connectivity index (χ0v) is 28.0. The molecular weight excluding hydrogens is 579 g/mol. The van der Waals surface area contributed by atoms with Gasteiger partial charge in [-0.25, -0.2) is 0 Å². The van der Waals surface area contributed by atoms with Gasteiger partial charge in [-0.05, 0) is 38.5 Å². The number of rotatable bonds is 19. The predicted octanol–water partition coefficient (Wildman–Crippen LogP) is 7.04. The SMILES string of the molecule is CCC1=C(C)[N+](C)(CCCCCCCCCCCCCCCC[N+]2(C)CSC(CC)=C2C)CS1.[I-].